The summed E-state index contributed by atoms with van der Waals surface area (Å²) in [4.78, 5) is 54.9. The van der Waals surface area contributed by atoms with E-state index in [4.69, 9.17) is 24.3 Å². The molecule has 0 aliphatic carbocycles. The highest BCUT2D eigenvalue weighted by Gasteiger charge is 2.53. The van der Waals surface area contributed by atoms with Gasteiger partial charge in [0.1, 0.15) is 49.2 Å². The second-order valence-electron chi connectivity index (χ2n) is 20.5. The van der Waals surface area contributed by atoms with Crippen molar-refractivity contribution >= 4 is 53.8 Å². The van der Waals surface area contributed by atoms with Crippen LogP contribution in [0.25, 0.3) is 16.7 Å². The van der Waals surface area contributed by atoms with Crippen LogP contribution in [0.15, 0.2) is 42.7 Å². The molecule has 0 saturated carbocycles. The summed E-state index contributed by atoms with van der Waals surface area (Å²) in [5.41, 5.74) is 17.3. The molecule has 0 radical (unpaired) electrons. The van der Waals surface area contributed by atoms with Gasteiger partial charge in [-0.2, -0.15) is 0 Å². The number of anilines is 3. The normalized spacial score (nSPS) is 23.5. The van der Waals surface area contributed by atoms with Crippen molar-refractivity contribution in [3.8, 4) is 11.5 Å². The number of aliphatic hydroxyl groups excluding tert-OH is 1. The highest BCUT2D eigenvalue weighted by atomic mass is 31.2. The minimum Gasteiger partial charge on any atom is -0.455 e. The number of nitrogens with zero attached hydrogens (tertiary/aromatic N) is 7. The summed E-state index contributed by atoms with van der Waals surface area (Å²) in [6, 6.07) is 12.9. The zero-order valence-corrected chi connectivity index (χ0v) is 42.2. The fourth-order valence-electron chi connectivity index (χ4n) is 12.4. The number of hydrogen-bond acceptors (Lipinski definition) is 14. The number of ether oxygens (including phenoxy) is 2. The molecule has 1 unspecified atom stereocenters. The lowest BCUT2D eigenvalue weighted by atomic mass is 9.81. The molecule has 5 aromatic rings. The van der Waals surface area contributed by atoms with E-state index in [2.05, 4.69) is 53.3 Å². The van der Waals surface area contributed by atoms with Crippen LogP contribution in [-0.2, 0) is 48.8 Å². The Hall–Kier alpha value is -5.95. The van der Waals surface area contributed by atoms with Gasteiger partial charge >= 0.3 is 7.82 Å². The van der Waals surface area contributed by atoms with E-state index in [-0.39, 0.29) is 24.2 Å². The first-order valence-corrected chi connectivity index (χ1v) is 27.8. The number of amides is 2. The minimum atomic E-state index is -4.32. The molecule has 7 aliphatic rings. The van der Waals surface area contributed by atoms with Crippen LogP contribution in [0.5, 0.6) is 11.5 Å². The van der Waals surface area contributed by atoms with Gasteiger partial charge in [-0.15, -0.1) is 0 Å². The van der Waals surface area contributed by atoms with Gasteiger partial charge in [-0.25, -0.2) is 24.1 Å². The fraction of sp³-hybridized carbons (Fsp3) is 0.509. The van der Waals surface area contributed by atoms with Gasteiger partial charge in [0.05, 0.1) is 12.2 Å². The Morgan fingerprint density at radius 3 is 2.58 bits per heavy atom. The maximum absolute atomic E-state index is 14.6. The Morgan fingerprint density at radius 2 is 1.71 bits per heavy atom. The number of carbonyl (C=O) groups is 2. The van der Waals surface area contributed by atoms with Crippen LogP contribution in [-0.4, -0.2) is 124 Å². The predicted octanol–water partition coefficient (Wildman–Crippen LogP) is 4.26. The lowest BCUT2D eigenvalue weighted by Gasteiger charge is -2.39. The summed E-state index contributed by atoms with van der Waals surface area (Å²) >= 11 is 0. The van der Waals surface area contributed by atoms with Crippen LogP contribution >= 0.6 is 7.82 Å². The monoisotopic (exact) mass is 1020 g/mol. The van der Waals surface area contributed by atoms with Crippen LogP contribution < -0.4 is 41.2 Å². The number of fused-ring (bicyclic) bond motifs is 6. The molecule has 0 bridgehead atoms. The average molecular weight is 1020 g/mol. The predicted molar refractivity (Wildman–Crippen MR) is 273 cm³/mol. The SMILES string of the molecule is CN(CCCC(=O)NCCCCCCNc1nc2c(N)ncnc2n1[C@@H]1O[C@@H]2COP(=O)(O)O[C@H]2[C@H]1O)C(=O)c1ccccc1C1=c2cc3c4c(c2Oc2c1cc1c5c2CCCN5CCC1)CCC[N+]=4CCC3. The topological polar surface area (TPSA) is 232 Å². The lowest BCUT2D eigenvalue weighted by Crippen LogP contribution is -2.45. The van der Waals surface area contributed by atoms with Gasteiger partial charge in [-0.05, 0) is 87.1 Å². The first-order valence-electron chi connectivity index (χ1n) is 26.3. The van der Waals surface area contributed by atoms with E-state index in [9.17, 15) is 24.2 Å². The van der Waals surface area contributed by atoms with Crippen molar-refractivity contribution in [2.75, 3.05) is 75.4 Å². The average Bonchev–Trinajstić information content (AvgIpc) is 3.92. The molecule has 384 valence electrons. The maximum atomic E-state index is 14.6. The summed E-state index contributed by atoms with van der Waals surface area (Å²) in [7, 11) is -2.48. The van der Waals surface area contributed by atoms with Crippen molar-refractivity contribution in [1.29, 1.82) is 0 Å². The zero-order chi connectivity index (χ0) is 50.0. The number of nitrogen functional groups attached to an aromatic ring is 1. The van der Waals surface area contributed by atoms with Crippen molar-refractivity contribution in [3.05, 3.63) is 92.2 Å². The van der Waals surface area contributed by atoms with Crippen LogP contribution in [0.1, 0.15) is 114 Å². The summed E-state index contributed by atoms with van der Waals surface area (Å²) in [5.74, 6) is 2.33. The van der Waals surface area contributed by atoms with Crippen molar-refractivity contribution in [1.82, 2.24) is 34.3 Å². The number of carbonyl (C=O) groups excluding carboxylic acids is 2. The number of nitrogens with one attached hydrogen (secondary N) is 2. The van der Waals surface area contributed by atoms with Gasteiger partial charge in [0.2, 0.25) is 17.2 Å². The first-order chi connectivity index (χ1) is 35.5. The van der Waals surface area contributed by atoms with Gasteiger partial charge in [-0.3, -0.25) is 23.2 Å². The number of rotatable bonds is 15. The van der Waals surface area contributed by atoms with Crippen molar-refractivity contribution in [2.24, 2.45) is 0 Å². The molecule has 3 aromatic carbocycles. The molecule has 20 heteroatoms. The number of unbranched alkanes of at least 4 members (excludes halogenated alkanes) is 3. The third-order valence-electron chi connectivity index (χ3n) is 15.8. The molecule has 7 aliphatic heterocycles. The number of aliphatic hydroxyl groups is 1. The second kappa shape index (κ2) is 19.7. The summed E-state index contributed by atoms with van der Waals surface area (Å²) < 4.78 is 39.6. The maximum Gasteiger partial charge on any atom is 0.472 e. The van der Waals surface area contributed by atoms with Crippen LogP contribution in [0.2, 0.25) is 0 Å². The molecule has 2 saturated heterocycles. The summed E-state index contributed by atoms with van der Waals surface area (Å²) in [5, 5.41) is 20.0. The standard InChI is InChI=1S/C53H63N10O9P/c1-60(22-12-19-40(64)55-20-6-2-3-7-21-56-53-59-42-49(54)57-30-58-50(42)63(53)52-45(65)48-39(70-52)29-69-73(67,68)72-48)51(66)34-16-5-4-15-33(34)41-37-27-31-13-8-23-61-25-10-17-35(43(31)61)46(37)71-47-36-18-11-26-62-24-9-14-32(44(36)62)28-38(41)47/h4-5,15-16,27-28,30,39,45,48,52,54,65H,2-3,6-14,17-26,29H2,1H3,(H3,55,64,66,67,68)/p+1/t39-,45-,48-,52-/m1/s1. The molecule has 2 amide bonds. The largest absolute Gasteiger partial charge is 0.472 e. The molecule has 0 spiro atoms. The number of imidazole rings is 1. The van der Waals surface area contributed by atoms with E-state index in [1.807, 2.05) is 25.2 Å². The van der Waals surface area contributed by atoms with Crippen molar-refractivity contribution < 1.29 is 42.7 Å². The number of aryl methyl sites for hydroxylation is 2. The van der Waals surface area contributed by atoms with E-state index in [0.29, 0.717) is 55.2 Å². The lowest BCUT2D eigenvalue weighted by molar-refractivity contribution is -0.121. The minimum absolute atomic E-state index is 0.0400. The Bertz CT molecular complexity index is 3210. The third-order valence-corrected chi connectivity index (χ3v) is 16.8. The highest BCUT2D eigenvalue weighted by molar-refractivity contribution is 7.47. The summed E-state index contributed by atoms with van der Waals surface area (Å²) in [6.45, 7) is 5.61. The number of phosphoric ester groups is 1. The molecule has 2 aromatic heterocycles. The first kappa shape index (κ1) is 48.0. The molecule has 5 atom stereocenters. The van der Waals surface area contributed by atoms with E-state index < -0.39 is 32.4 Å². The zero-order valence-electron chi connectivity index (χ0n) is 41.3. The number of hydrogen-bond donors (Lipinski definition) is 5. The van der Waals surface area contributed by atoms with Crippen molar-refractivity contribution in [3.63, 3.8) is 0 Å². The van der Waals surface area contributed by atoms with E-state index in [0.717, 1.165) is 137 Å². The van der Waals surface area contributed by atoms with Gasteiger partial charge in [0.15, 0.2) is 23.2 Å². The molecular formula is C53H64N10O9P+. The number of phosphoric acid groups is 1. The van der Waals surface area contributed by atoms with Gasteiger partial charge < -0.3 is 45.6 Å². The molecular weight excluding hydrogens is 952 g/mol. The Kier molecular flexibility index (Phi) is 13.0. The molecule has 2 fully saturated rings. The van der Waals surface area contributed by atoms with E-state index in [1.54, 1.807) is 9.47 Å². The number of nitrogens with two attached hydrogens (primary N) is 1. The van der Waals surface area contributed by atoms with Crippen LogP contribution in [0.4, 0.5) is 17.5 Å². The van der Waals surface area contributed by atoms with E-state index >= 15 is 0 Å². The summed E-state index contributed by atoms with van der Waals surface area (Å²) in [6.07, 6.45) is 9.71. The molecule has 12 rings (SSSR count). The molecule has 73 heavy (non-hydrogen) atoms. The Labute approximate surface area is 423 Å². The Morgan fingerprint density at radius 1 is 0.932 bits per heavy atom. The quantitative estimate of drug-likeness (QED) is 0.0550. The van der Waals surface area contributed by atoms with E-state index in [1.165, 1.54) is 39.6 Å². The second-order valence-corrected chi connectivity index (χ2v) is 21.9. The number of aromatic nitrogens is 4. The van der Waals surface area contributed by atoms with Crippen LogP contribution in [0.3, 0.4) is 0 Å². The molecule has 9 heterocycles. The van der Waals surface area contributed by atoms with Crippen molar-refractivity contribution in [2.45, 2.75) is 114 Å². The highest BCUT2D eigenvalue weighted by Crippen LogP contribution is 2.53. The van der Waals surface area contributed by atoms with Gasteiger partial charge in [0.25, 0.3) is 5.91 Å². The van der Waals surface area contributed by atoms with Gasteiger partial charge in [-0.1, -0.05) is 31.0 Å². The van der Waals surface area contributed by atoms with Gasteiger partial charge in [0, 0.05) is 97.8 Å². The van der Waals surface area contributed by atoms with Crippen LogP contribution in [0, 0.1) is 0 Å². The molecule has 6 N–H and O–H groups in total. The fourth-order valence-corrected chi connectivity index (χ4v) is 13.4. The smallest absolute Gasteiger partial charge is 0.455 e. The Balaban J connectivity index is 0.670. The third kappa shape index (κ3) is 8.84. The number of benzene rings is 3. The molecule has 19 nitrogen and oxygen atoms in total.